The van der Waals surface area contributed by atoms with E-state index in [0.717, 1.165) is 5.69 Å². The van der Waals surface area contributed by atoms with E-state index in [-0.39, 0.29) is 11.9 Å². The molecule has 0 aromatic carbocycles. The minimum Gasteiger partial charge on any atom is -0.334 e. The first-order valence-corrected chi connectivity index (χ1v) is 6.23. The van der Waals surface area contributed by atoms with Crippen molar-refractivity contribution in [1.29, 1.82) is 5.26 Å². The van der Waals surface area contributed by atoms with Crippen LogP contribution in [0.5, 0.6) is 0 Å². The van der Waals surface area contributed by atoms with Crippen LogP contribution in [0.4, 0.5) is 0 Å². The minimum absolute atomic E-state index is 0.0531. The highest BCUT2D eigenvalue weighted by Crippen LogP contribution is 2.11. The number of rotatable bonds is 5. The third kappa shape index (κ3) is 3.10. The summed E-state index contributed by atoms with van der Waals surface area (Å²) in [6.45, 7) is 8.86. The Hall–Kier alpha value is -1.83. The van der Waals surface area contributed by atoms with Crippen molar-refractivity contribution in [2.75, 3.05) is 6.54 Å². The fourth-order valence-corrected chi connectivity index (χ4v) is 1.87. The quantitative estimate of drug-likeness (QED) is 0.800. The number of nitriles is 1. The highest BCUT2D eigenvalue weighted by atomic mass is 16.2. The van der Waals surface area contributed by atoms with Gasteiger partial charge in [0, 0.05) is 19.1 Å². The van der Waals surface area contributed by atoms with Crippen molar-refractivity contribution in [2.45, 2.75) is 46.7 Å². The first-order valence-electron chi connectivity index (χ1n) is 6.23. The normalized spacial score (nSPS) is 10.4. The van der Waals surface area contributed by atoms with E-state index in [0.29, 0.717) is 25.2 Å². The van der Waals surface area contributed by atoms with E-state index < -0.39 is 0 Å². The predicted octanol–water partition coefficient (Wildman–Crippen LogP) is 1.98. The Morgan fingerprint density at radius 1 is 1.61 bits per heavy atom. The molecule has 0 fully saturated rings. The van der Waals surface area contributed by atoms with Gasteiger partial charge in [-0.05, 0) is 33.8 Å². The van der Waals surface area contributed by atoms with Gasteiger partial charge in [0.05, 0.1) is 18.2 Å². The summed E-state index contributed by atoms with van der Waals surface area (Å²) in [5.74, 6) is -0.0531. The number of amides is 1. The number of nitrogens with zero attached hydrogens (tertiary/aromatic N) is 4. The van der Waals surface area contributed by atoms with E-state index in [4.69, 9.17) is 5.26 Å². The van der Waals surface area contributed by atoms with Gasteiger partial charge in [-0.3, -0.25) is 9.48 Å². The maximum Gasteiger partial charge on any atom is 0.272 e. The first kappa shape index (κ1) is 14.2. The van der Waals surface area contributed by atoms with Crippen molar-refractivity contribution >= 4 is 5.91 Å². The summed E-state index contributed by atoms with van der Waals surface area (Å²) in [4.78, 5) is 14.2. The molecule has 0 saturated heterocycles. The zero-order valence-corrected chi connectivity index (χ0v) is 11.5. The van der Waals surface area contributed by atoms with Crippen molar-refractivity contribution < 1.29 is 4.79 Å². The molecule has 0 N–H and O–H groups in total. The van der Waals surface area contributed by atoms with Gasteiger partial charge in [0.25, 0.3) is 5.91 Å². The van der Waals surface area contributed by atoms with Crippen LogP contribution in [0, 0.1) is 18.3 Å². The molecule has 1 amide bonds. The minimum atomic E-state index is -0.0531. The zero-order valence-electron chi connectivity index (χ0n) is 11.5. The van der Waals surface area contributed by atoms with Crippen LogP contribution in [-0.2, 0) is 6.54 Å². The summed E-state index contributed by atoms with van der Waals surface area (Å²) in [7, 11) is 0. The van der Waals surface area contributed by atoms with Gasteiger partial charge in [-0.25, -0.2) is 0 Å². The average Bonchev–Trinajstić information content (AvgIpc) is 2.70. The van der Waals surface area contributed by atoms with Crippen molar-refractivity contribution in [3.05, 3.63) is 17.5 Å². The van der Waals surface area contributed by atoms with Crippen molar-refractivity contribution in [2.24, 2.45) is 0 Å². The van der Waals surface area contributed by atoms with Crippen LogP contribution in [0.25, 0.3) is 0 Å². The molecule has 5 nitrogen and oxygen atoms in total. The van der Waals surface area contributed by atoms with Crippen LogP contribution in [0.1, 0.15) is 43.4 Å². The van der Waals surface area contributed by atoms with E-state index in [1.54, 1.807) is 15.6 Å². The van der Waals surface area contributed by atoms with Crippen molar-refractivity contribution in [3.63, 3.8) is 0 Å². The largest absolute Gasteiger partial charge is 0.334 e. The van der Waals surface area contributed by atoms with Gasteiger partial charge >= 0.3 is 0 Å². The lowest BCUT2D eigenvalue weighted by Gasteiger charge is -2.25. The number of aromatic nitrogens is 2. The second-order valence-corrected chi connectivity index (χ2v) is 4.49. The molecule has 0 unspecified atom stereocenters. The smallest absolute Gasteiger partial charge is 0.272 e. The number of aryl methyl sites for hydroxylation is 2. The molecule has 0 aliphatic heterocycles. The maximum atomic E-state index is 12.4. The van der Waals surface area contributed by atoms with Crippen LogP contribution in [-0.4, -0.2) is 33.2 Å². The molecule has 0 aliphatic carbocycles. The Morgan fingerprint density at radius 2 is 2.28 bits per heavy atom. The summed E-state index contributed by atoms with van der Waals surface area (Å²) >= 11 is 0. The van der Waals surface area contributed by atoms with E-state index in [9.17, 15) is 4.79 Å². The topological polar surface area (TPSA) is 61.9 Å². The molecule has 0 atom stereocenters. The third-order valence-electron chi connectivity index (χ3n) is 2.77. The summed E-state index contributed by atoms with van der Waals surface area (Å²) in [6, 6.07) is 3.95. The summed E-state index contributed by atoms with van der Waals surface area (Å²) in [6.07, 6.45) is 0.350. The van der Waals surface area contributed by atoms with Crippen molar-refractivity contribution in [1.82, 2.24) is 14.7 Å². The fourth-order valence-electron chi connectivity index (χ4n) is 1.87. The molecule has 0 saturated carbocycles. The third-order valence-corrected chi connectivity index (χ3v) is 2.77. The Morgan fingerprint density at radius 3 is 2.78 bits per heavy atom. The van der Waals surface area contributed by atoms with Crippen LogP contribution in [0.2, 0.25) is 0 Å². The van der Waals surface area contributed by atoms with Gasteiger partial charge in [0.2, 0.25) is 0 Å². The summed E-state index contributed by atoms with van der Waals surface area (Å²) < 4.78 is 1.71. The second-order valence-electron chi connectivity index (χ2n) is 4.49. The zero-order chi connectivity index (χ0) is 13.7. The summed E-state index contributed by atoms with van der Waals surface area (Å²) in [5, 5.41) is 12.9. The second kappa shape index (κ2) is 6.20. The Labute approximate surface area is 108 Å². The molecule has 1 rings (SSSR count). The fraction of sp³-hybridized carbons (Fsp3) is 0.615. The van der Waals surface area contributed by atoms with Gasteiger partial charge in [-0.2, -0.15) is 10.4 Å². The van der Waals surface area contributed by atoms with E-state index in [1.807, 2.05) is 27.7 Å². The molecule has 0 bridgehead atoms. The lowest BCUT2D eigenvalue weighted by atomic mass is 10.2. The van der Waals surface area contributed by atoms with E-state index in [1.165, 1.54) is 0 Å². The SMILES string of the molecule is CCn1nc(C)cc1C(=O)N(CCC#N)C(C)C. The lowest BCUT2D eigenvalue weighted by Crippen LogP contribution is -2.38. The monoisotopic (exact) mass is 248 g/mol. The predicted molar refractivity (Wildman–Crippen MR) is 69.0 cm³/mol. The van der Waals surface area contributed by atoms with Crippen LogP contribution in [0.3, 0.4) is 0 Å². The van der Waals surface area contributed by atoms with Gasteiger partial charge in [0.1, 0.15) is 5.69 Å². The average molecular weight is 248 g/mol. The Kier molecular flexibility index (Phi) is 4.90. The van der Waals surface area contributed by atoms with Crippen LogP contribution in [0.15, 0.2) is 6.07 Å². The molecule has 1 aromatic heterocycles. The molecular formula is C13H20N4O. The van der Waals surface area contributed by atoms with E-state index >= 15 is 0 Å². The number of carbonyl (C=O) groups excluding carboxylic acids is 1. The molecule has 0 radical (unpaired) electrons. The number of hydrogen-bond donors (Lipinski definition) is 0. The van der Waals surface area contributed by atoms with Crippen molar-refractivity contribution in [3.8, 4) is 6.07 Å². The van der Waals surface area contributed by atoms with Gasteiger partial charge < -0.3 is 4.90 Å². The van der Waals surface area contributed by atoms with Gasteiger partial charge in [-0.1, -0.05) is 0 Å². The molecule has 0 spiro atoms. The highest BCUT2D eigenvalue weighted by molar-refractivity contribution is 5.93. The first-order chi connectivity index (χ1) is 8.51. The molecular weight excluding hydrogens is 228 g/mol. The van der Waals surface area contributed by atoms with Crippen LogP contribution < -0.4 is 0 Å². The number of carbonyl (C=O) groups is 1. The maximum absolute atomic E-state index is 12.4. The molecule has 1 heterocycles. The molecule has 98 valence electrons. The molecule has 0 aliphatic rings. The van der Waals surface area contributed by atoms with E-state index in [2.05, 4.69) is 11.2 Å². The Bertz CT molecular complexity index is 456. The Balaban J connectivity index is 2.98. The highest BCUT2D eigenvalue weighted by Gasteiger charge is 2.22. The number of hydrogen-bond acceptors (Lipinski definition) is 3. The summed E-state index contributed by atoms with van der Waals surface area (Å²) in [5.41, 5.74) is 1.44. The molecule has 1 aromatic rings. The molecule has 18 heavy (non-hydrogen) atoms. The van der Waals surface area contributed by atoms with Crippen LogP contribution >= 0.6 is 0 Å². The molecule has 5 heteroatoms. The van der Waals surface area contributed by atoms with Gasteiger partial charge in [-0.15, -0.1) is 0 Å². The van der Waals surface area contributed by atoms with Gasteiger partial charge in [0.15, 0.2) is 0 Å². The lowest BCUT2D eigenvalue weighted by molar-refractivity contribution is 0.0697. The standard InChI is InChI=1S/C13H20N4O/c1-5-17-12(9-11(4)15-17)13(18)16(10(2)3)8-6-7-14/h9-10H,5-6,8H2,1-4H3.